The maximum atomic E-state index is 5.76. The molecule has 0 saturated heterocycles. The highest BCUT2D eigenvalue weighted by atomic mass is 79.9. The number of hydrogen-bond donors (Lipinski definition) is 0. The summed E-state index contributed by atoms with van der Waals surface area (Å²) in [7, 11) is 0. The molecule has 0 bridgehead atoms. The Morgan fingerprint density at radius 2 is 1.88 bits per heavy atom. The third-order valence-electron chi connectivity index (χ3n) is 2.31. The van der Waals surface area contributed by atoms with Gasteiger partial charge in [-0.3, -0.25) is 4.98 Å². The first-order valence-corrected chi connectivity index (χ1v) is 6.71. The fourth-order valence-electron chi connectivity index (χ4n) is 1.54. The maximum Gasteiger partial charge on any atom is 0.182 e. The highest BCUT2D eigenvalue weighted by molar-refractivity contribution is 9.10. The van der Waals surface area contributed by atoms with Gasteiger partial charge in [0, 0.05) is 11.1 Å². The first-order valence-electron chi connectivity index (χ1n) is 5.10. The van der Waals surface area contributed by atoms with E-state index in [9.17, 15) is 0 Å². The van der Waals surface area contributed by atoms with Crippen LogP contribution in [0.2, 0.25) is 0 Å². The van der Waals surface area contributed by atoms with Crippen LogP contribution in [0.15, 0.2) is 67.5 Å². The van der Waals surface area contributed by atoms with Gasteiger partial charge in [-0.15, -0.1) is 0 Å². The summed E-state index contributed by atoms with van der Waals surface area (Å²) in [5.74, 6) is 0. The average molecular weight is 306 g/mol. The summed E-state index contributed by atoms with van der Waals surface area (Å²) in [5, 5.41) is 0.838. The van der Waals surface area contributed by atoms with Crippen LogP contribution in [-0.4, -0.2) is 4.98 Å². The van der Waals surface area contributed by atoms with Crippen molar-refractivity contribution in [2.45, 2.75) is 9.99 Å². The van der Waals surface area contributed by atoms with E-state index in [1.165, 1.54) is 0 Å². The molecule has 0 atom stereocenters. The molecule has 0 fully saturated rings. The molecule has 0 unspecified atom stereocenters. The van der Waals surface area contributed by atoms with Crippen LogP contribution >= 0.6 is 27.7 Å². The van der Waals surface area contributed by atoms with Crippen LogP contribution in [0.3, 0.4) is 0 Å². The minimum absolute atomic E-state index is 0.804. The molecule has 17 heavy (non-hydrogen) atoms. The molecular formula is C13H8BrNOS. The van der Waals surface area contributed by atoms with Crippen LogP contribution < -0.4 is 0 Å². The van der Waals surface area contributed by atoms with Crippen LogP contribution in [0.1, 0.15) is 0 Å². The number of halogens is 1. The maximum absolute atomic E-state index is 5.76. The zero-order valence-electron chi connectivity index (χ0n) is 8.76. The minimum Gasteiger partial charge on any atom is -0.447 e. The van der Waals surface area contributed by atoms with Crippen molar-refractivity contribution in [3.63, 3.8) is 0 Å². The van der Waals surface area contributed by atoms with Crippen LogP contribution in [0.4, 0.5) is 0 Å². The fourth-order valence-corrected chi connectivity index (χ4v) is 2.99. The zero-order valence-corrected chi connectivity index (χ0v) is 11.2. The number of benzene rings is 1. The van der Waals surface area contributed by atoms with E-state index < -0.39 is 0 Å². The minimum atomic E-state index is 0.804. The Kier molecular flexibility index (Phi) is 2.91. The van der Waals surface area contributed by atoms with Crippen molar-refractivity contribution in [2.24, 2.45) is 0 Å². The molecule has 2 nitrogen and oxygen atoms in total. The third kappa shape index (κ3) is 2.10. The van der Waals surface area contributed by atoms with E-state index in [-0.39, 0.29) is 0 Å². The van der Waals surface area contributed by atoms with Crippen LogP contribution in [0, 0.1) is 0 Å². The van der Waals surface area contributed by atoms with Gasteiger partial charge >= 0.3 is 0 Å². The molecule has 4 heteroatoms. The van der Waals surface area contributed by atoms with Gasteiger partial charge in [-0.1, -0.05) is 30.0 Å². The molecule has 3 rings (SSSR count). The summed E-state index contributed by atoms with van der Waals surface area (Å²) in [6.07, 6.45) is 1.76. The summed E-state index contributed by atoms with van der Waals surface area (Å²) in [6.45, 7) is 0. The SMILES string of the molecule is Brc1c(Sc2ccccc2)oc2cccnc12. The normalized spacial score (nSPS) is 10.9. The zero-order chi connectivity index (χ0) is 11.7. The molecule has 0 aliphatic heterocycles. The van der Waals surface area contributed by atoms with Crippen molar-refractivity contribution in [2.75, 3.05) is 0 Å². The lowest BCUT2D eigenvalue weighted by Crippen LogP contribution is -1.71. The molecule has 2 heterocycles. The standard InChI is InChI=1S/C13H8BrNOS/c14-11-12-10(7-4-8-15-12)16-13(11)17-9-5-2-1-3-6-9/h1-8H. The van der Waals surface area contributed by atoms with Gasteiger partial charge in [-0.05, 0) is 40.2 Å². The Morgan fingerprint density at radius 3 is 2.65 bits per heavy atom. The molecule has 2 aromatic heterocycles. The predicted molar refractivity (Wildman–Crippen MR) is 72.3 cm³/mol. The Bertz CT molecular complexity index is 651. The van der Waals surface area contributed by atoms with Crippen molar-refractivity contribution >= 4 is 38.8 Å². The summed E-state index contributed by atoms with van der Waals surface area (Å²) < 4.78 is 6.67. The van der Waals surface area contributed by atoms with Crippen LogP contribution in [-0.2, 0) is 0 Å². The Hall–Kier alpha value is -1.26. The number of aromatic nitrogens is 1. The second kappa shape index (κ2) is 4.55. The van der Waals surface area contributed by atoms with Crippen LogP contribution in [0.5, 0.6) is 0 Å². The monoisotopic (exact) mass is 305 g/mol. The molecular weight excluding hydrogens is 298 g/mol. The largest absolute Gasteiger partial charge is 0.447 e. The Labute approximate surface area is 111 Å². The fraction of sp³-hybridized carbons (Fsp3) is 0. The molecule has 0 aliphatic carbocycles. The molecule has 0 spiro atoms. The molecule has 0 radical (unpaired) electrons. The molecule has 0 saturated carbocycles. The van der Waals surface area contributed by atoms with E-state index in [0.717, 1.165) is 25.6 Å². The van der Waals surface area contributed by atoms with Gasteiger partial charge in [-0.2, -0.15) is 0 Å². The number of nitrogens with zero attached hydrogens (tertiary/aromatic N) is 1. The van der Waals surface area contributed by atoms with Gasteiger partial charge in [0.25, 0.3) is 0 Å². The number of pyridine rings is 1. The van der Waals surface area contributed by atoms with Gasteiger partial charge in [-0.25, -0.2) is 0 Å². The van der Waals surface area contributed by atoms with Crippen molar-refractivity contribution in [1.82, 2.24) is 4.98 Å². The van der Waals surface area contributed by atoms with E-state index in [1.807, 2.05) is 30.3 Å². The van der Waals surface area contributed by atoms with E-state index in [0.29, 0.717) is 0 Å². The highest BCUT2D eigenvalue weighted by Gasteiger charge is 2.13. The van der Waals surface area contributed by atoms with Gasteiger partial charge in [0.1, 0.15) is 5.52 Å². The molecule has 3 aromatic rings. The molecule has 0 amide bonds. The Balaban J connectivity index is 2.04. The molecule has 0 N–H and O–H groups in total. The first-order chi connectivity index (χ1) is 8.34. The first kappa shape index (κ1) is 10.9. The van der Waals surface area contributed by atoms with Gasteiger partial charge < -0.3 is 4.42 Å². The van der Waals surface area contributed by atoms with Crippen molar-refractivity contribution in [3.05, 3.63) is 53.1 Å². The third-order valence-corrected chi connectivity index (χ3v) is 4.29. The summed E-state index contributed by atoms with van der Waals surface area (Å²) in [4.78, 5) is 5.43. The lowest BCUT2D eigenvalue weighted by molar-refractivity contribution is 0.511. The smallest absolute Gasteiger partial charge is 0.182 e. The lowest BCUT2D eigenvalue weighted by Gasteiger charge is -1.96. The highest BCUT2D eigenvalue weighted by Crippen LogP contribution is 2.39. The number of furan rings is 1. The predicted octanol–water partition coefficient (Wildman–Crippen LogP) is 4.74. The van der Waals surface area contributed by atoms with E-state index in [2.05, 4.69) is 33.0 Å². The summed E-state index contributed by atoms with van der Waals surface area (Å²) >= 11 is 5.12. The number of rotatable bonds is 2. The number of fused-ring (bicyclic) bond motifs is 1. The topological polar surface area (TPSA) is 26.0 Å². The molecule has 84 valence electrons. The van der Waals surface area contributed by atoms with Gasteiger partial charge in [0.15, 0.2) is 10.7 Å². The quantitative estimate of drug-likeness (QED) is 0.684. The van der Waals surface area contributed by atoms with Crippen molar-refractivity contribution < 1.29 is 4.42 Å². The van der Waals surface area contributed by atoms with E-state index in [4.69, 9.17) is 4.42 Å². The molecule has 0 aliphatic rings. The lowest BCUT2D eigenvalue weighted by atomic mass is 10.4. The van der Waals surface area contributed by atoms with Crippen molar-refractivity contribution in [1.29, 1.82) is 0 Å². The second-order valence-corrected chi connectivity index (χ2v) is 5.31. The summed E-state index contributed by atoms with van der Waals surface area (Å²) in [5.41, 5.74) is 1.67. The van der Waals surface area contributed by atoms with Gasteiger partial charge in [0.05, 0.1) is 4.47 Å². The average Bonchev–Trinajstić information content (AvgIpc) is 2.68. The summed E-state index contributed by atoms with van der Waals surface area (Å²) in [6, 6.07) is 13.9. The number of hydrogen-bond acceptors (Lipinski definition) is 3. The van der Waals surface area contributed by atoms with Gasteiger partial charge in [0.2, 0.25) is 0 Å². The second-order valence-electron chi connectivity index (χ2n) is 3.47. The van der Waals surface area contributed by atoms with Crippen LogP contribution in [0.25, 0.3) is 11.1 Å². The van der Waals surface area contributed by atoms with Crippen molar-refractivity contribution in [3.8, 4) is 0 Å². The van der Waals surface area contributed by atoms with E-state index >= 15 is 0 Å². The van der Waals surface area contributed by atoms with E-state index in [1.54, 1.807) is 18.0 Å². The Morgan fingerprint density at radius 1 is 1.06 bits per heavy atom. The molecule has 1 aromatic carbocycles.